The van der Waals surface area contributed by atoms with Crippen molar-refractivity contribution in [3.8, 4) is 0 Å². The molecule has 1 saturated carbocycles. The highest BCUT2D eigenvalue weighted by Gasteiger charge is 2.31. The van der Waals surface area contributed by atoms with Crippen molar-refractivity contribution in [3.63, 3.8) is 0 Å². The average molecular weight is 273 g/mol. The second-order valence-electron chi connectivity index (χ2n) is 6.27. The van der Waals surface area contributed by atoms with Gasteiger partial charge in [-0.3, -0.25) is 0 Å². The Balaban J connectivity index is 1.97. The monoisotopic (exact) mass is 273 g/mol. The van der Waals surface area contributed by atoms with Gasteiger partial charge >= 0.3 is 0 Å². The van der Waals surface area contributed by atoms with E-state index in [9.17, 15) is 0 Å². The van der Waals surface area contributed by atoms with Crippen LogP contribution in [-0.4, -0.2) is 6.04 Å². The number of rotatable bonds is 2. The summed E-state index contributed by atoms with van der Waals surface area (Å²) in [6, 6.07) is 9.26. The molecule has 0 aliphatic heterocycles. The maximum absolute atomic E-state index is 6.44. The van der Waals surface area contributed by atoms with Gasteiger partial charge in [-0.15, -0.1) is 11.3 Å². The molecule has 1 nitrogen and oxygen atoms in total. The second-order valence-corrected chi connectivity index (χ2v) is 7.19. The third kappa shape index (κ3) is 2.44. The van der Waals surface area contributed by atoms with E-state index in [1.807, 2.05) is 11.3 Å². The highest BCUT2D eigenvalue weighted by Crippen LogP contribution is 2.41. The standard InChI is InChI=1S/C17H23NS/c1-11(2)13-6-7-16(18)15(10-13)14-5-3-4-12-8-9-19-17(12)14/h3-5,8-9,11,13,15-16H,6-7,10,18H2,1-2H3. The Kier molecular flexibility index (Phi) is 3.64. The fourth-order valence-corrected chi connectivity index (χ4v) is 4.48. The van der Waals surface area contributed by atoms with Crippen molar-refractivity contribution >= 4 is 21.4 Å². The predicted molar refractivity (Wildman–Crippen MR) is 84.7 cm³/mol. The van der Waals surface area contributed by atoms with Crippen molar-refractivity contribution in [2.45, 2.75) is 45.1 Å². The van der Waals surface area contributed by atoms with Gasteiger partial charge in [-0.25, -0.2) is 0 Å². The van der Waals surface area contributed by atoms with E-state index in [0.717, 1.165) is 11.8 Å². The Morgan fingerprint density at radius 3 is 2.84 bits per heavy atom. The lowest BCUT2D eigenvalue weighted by atomic mass is 9.71. The summed E-state index contributed by atoms with van der Waals surface area (Å²) in [5.41, 5.74) is 7.93. The van der Waals surface area contributed by atoms with Gasteiger partial charge in [0.05, 0.1) is 0 Å². The molecule has 0 radical (unpaired) electrons. The Labute approximate surface area is 119 Å². The minimum absolute atomic E-state index is 0.336. The minimum atomic E-state index is 0.336. The lowest BCUT2D eigenvalue weighted by molar-refractivity contribution is 0.233. The number of benzene rings is 1. The quantitative estimate of drug-likeness (QED) is 0.838. The van der Waals surface area contributed by atoms with Gasteiger partial charge in [-0.2, -0.15) is 0 Å². The van der Waals surface area contributed by atoms with Crippen molar-refractivity contribution in [2.75, 3.05) is 0 Å². The van der Waals surface area contributed by atoms with Crippen LogP contribution in [0.3, 0.4) is 0 Å². The zero-order valence-corrected chi connectivity index (χ0v) is 12.6. The van der Waals surface area contributed by atoms with Gasteiger partial charge < -0.3 is 5.73 Å². The third-order valence-corrected chi connectivity index (χ3v) is 5.78. The number of hydrogen-bond acceptors (Lipinski definition) is 2. The molecular formula is C17H23NS. The van der Waals surface area contributed by atoms with Gasteiger partial charge in [-0.1, -0.05) is 32.0 Å². The van der Waals surface area contributed by atoms with Crippen LogP contribution in [0.25, 0.3) is 10.1 Å². The van der Waals surface area contributed by atoms with E-state index < -0.39 is 0 Å². The first-order valence-electron chi connectivity index (χ1n) is 7.38. The summed E-state index contributed by atoms with van der Waals surface area (Å²) >= 11 is 1.86. The molecule has 1 heterocycles. The summed E-state index contributed by atoms with van der Waals surface area (Å²) in [5, 5.41) is 3.57. The van der Waals surface area contributed by atoms with Crippen molar-refractivity contribution in [3.05, 3.63) is 35.2 Å². The predicted octanol–water partition coefficient (Wildman–Crippen LogP) is 4.77. The van der Waals surface area contributed by atoms with Gasteiger partial charge in [0.2, 0.25) is 0 Å². The molecule has 3 rings (SSSR count). The molecule has 2 N–H and O–H groups in total. The minimum Gasteiger partial charge on any atom is -0.327 e. The van der Waals surface area contributed by atoms with E-state index >= 15 is 0 Å². The molecule has 1 aliphatic rings. The van der Waals surface area contributed by atoms with Gasteiger partial charge in [0.1, 0.15) is 0 Å². The molecule has 1 fully saturated rings. The van der Waals surface area contributed by atoms with E-state index in [1.165, 1.54) is 34.9 Å². The molecule has 102 valence electrons. The van der Waals surface area contributed by atoms with Crippen molar-refractivity contribution in [2.24, 2.45) is 17.6 Å². The van der Waals surface area contributed by atoms with E-state index in [4.69, 9.17) is 5.73 Å². The first-order chi connectivity index (χ1) is 9.16. The highest BCUT2D eigenvalue weighted by molar-refractivity contribution is 7.17. The van der Waals surface area contributed by atoms with Gasteiger partial charge in [0.15, 0.2) is 0 Å². The first kappa shape index (κ1) is 13.1. The lowest BCUT2D eigenvalue weighted by Gasteiger charge is -2.36. The van der Waals surface area contributed by atoms with Crippen LogP contribution in [0.5, 0.6) is 0 Å². The molecular weight excluding hydrogens is 250 g/mol. The molecule has 2 aromatic rings. The highest BCUT2D eigenvalue weighted by atomic mass is 32.1. The van der Waals surface area contributed by atoms with Crippen LogP contribution in [0, 0.1) is 11.8 Å². The topological polar surface area (TPSA) is 26.0 Å². The number of thiophene rings is 1. The molecule has 0 bridgehead atoms. The maximum atomic E-state index is 6.44. The van der Waals surface area contributed by atoms with E-state index in [1.54, 1.807) is 0 Å². The van der Waals surface area contributed by atoms with Crippen LogP contribution in [0.4, 0.5) is 0 Å². The van der Waals surface area contributed by atoms with Gasteiger partial charge in [-0.05, 0) is 53.5 Å². The summed E-state index contributed by atoms with van der Waals surface area (Å²) in [5.74, 6) is 2.15. The van der Waals surface area contributed by atoms with Crippen LogP contribution < -0.4 is 5.73 Å². The molecule has 3 atom stereocenters. The molecule has 2 heteroatoms. The zero-order valence-electron chi connectivity index (χ0n) is 11.8. The van der Waals surface area contributed by atoms with E-state index in [2.05, 4.69) is 43.5 Å². The summed E-state index contributed by atoms with van der Waals surface area (Å²) in [6.45, 7) is 4.70. The van der Waals surface area contributed by atoms with E-state index in [-0.39, 0.29) is 0 Å². The molecule has 1 aromatic heterocycles. The van der Waals surface area contributed by atoms with Gasteiger partial charge in [0.25, 0.3) is 0 Å². The van der Waals surface area contributed by atoms with Crippen molar-refractivity contribution in [1.82, 2.24) is 0 Å². The molecule has 0 amide bonds. The van der Waals surface area contributed by atoms with Crippen LogP contribution in [0.1, 0.15) is 44.6 Å². The normalized spacial score (nSPS) is 28.1. The Morgan fingerprint density at radius 2 is 2.05 bits per heavy atom. The van der Waals surface area contributed by atoms with Crippen LogP contribution in [-0.2, 0) is 0 Å². The average Bonchev–Trinajstić information content (AvgIpc) is 2.87. The summed E-state index contributed by atoms with van der Waals surface area (Å²) in [7, 11) is 0. The first-order valence-corrected chi connectivity index (χ1v) is 8.26. The summed E-state index contributed by atoms with van der Waals surface area (Å²) < 4.78 is 1.45. The van der Waals surface area contributed by atoms with Crippen LogP contribution in [0.2, 0.25) is 0 Å². The largest absolute Gasteiger partial charge is 0.327 e. The SMILES string of the molecule is CC(C)C1CCC(N)C(c2cccc3ccsc23)C1. The fraction of sp³-hybridized carbons (Fsp3) is 0.529. The second kappa shape index (κ2) is 5.26. The van der Waals surface area contributed by atoms with Crippen LogP contribution >= 0.6 is 11.3 Å². The lowest BCUT2D eigenvalue weighted by Crippen LogP contribution is -2.35. The molecule has 0 spiro atoms. The van der Waals surface area contributed by atoms with Crippen LogP contribution in [0.15, 0.2) is 29.6 Å². The molecule has 19 heavy (non-hydrogen) atoms. The van der Waals surface area contributed by atoms with Crippen molar-refractivity contribution < 1.29 is 0 Å². The Morgan fingerprint density at radius 1 is 1.21 bits per heavy atom. The fourth-order valence-electron chi connectivity index (χ4n) is 3.50. The molecule has 0 saturated heterocycles. The number of nitrogens with two attached hydrogens (primary N) is 1. The smallest absolute Gasteiger partial charge is 0.0378 e. The molecule has 1 aromatic carbocycles. The summed E-state index contributed by atoms with van der Waals surface area (Å²) in [6.07, 6.45) is 3.74. The molecule has 3 unspecified atom stereocenters. The third-order valence-electron chi connectivity index (χ3n) is 4.80. The van der Waals surface area contributed by atoms with Gasteiger partial charge in [0, 0.05) is 16.7 Å². The Hall–Kier alpha value is -0.860. The number of hydrogen-bond donors (Lipinski definition) is 1. The Bertz CT molecular complexity index is 557. The maximum Gasteiger partial charge on any atom is 0.0378 e. The number of fused-ring (bicyclic) bond motifs is 1. The van der Waals surface area contributed by atoms with E-state index in [0.29, 0.717) is 12.0 Å². The van der Waals surface area contributed by atoms with Crippen molar-refractivity contribution in [1.29, 1.82) is 0 Å². The molecule has 1 aliphatic carbocycles. The zero-order chi connectivity index (χ0) is 13.4. The summed E-state index contributed by atoms with van der Waals surface area (Å²) in [4.78, 5) is 0.